The lowest BCUT2D eigenvalue weighted by molar-refractivity contribution is 0.0926. The summed E-state index contributed by atoms with van der Waals surface area (Å²) in [4.78, 5) is 0. The Kier molecular flexibility index (Phi) is 4.48. The second kappa shape index (κ2) is 6.10. The number of hydrogen-bond acceptors (Lipinski definition) is 3. The van der Waals surface area contributed by atoms with Gasteiger partial charge in [0.25, 0.3) is 0 Å². The molecule has 1 aromatic rings. The summed E-state index contributed by atoms with van der Waals surface area (Å²) >= 11 is 0. The molecule has 0 saturated carbocycles. The van der Waals surface area contributed by atoms with E-state index >= 15 is 0 Å². The molecule has 1 atom stereocenters. The number of aliphatic hydroxyl groups excluding tert-OH is 1. The smallest absolute Gasteiger partial charge is 0.126 e. The molecule has 4 heteroatoms. The van der Waals surface area contributed by atoms with Crippen LogP contribution in [0, 0.1) is 5.82 Å². The third-order valence-corrected chi connectivity index (χ3v) is 3.09. The van der Waals surface area contributed by atoms with Gasteiger partial charge in [-0.2, -0.15) is 0 Å². The standard InChI is InChI=1S/C13H18FNO2/c14-12-3-1-2-11-10(12)4-5-13(11)15-6-8-17-9-7-16/h1-3,13,15-16H,4-9H2. The highest BCUT2D eigenvalue weighted by molar-refractivity contribution is 5.35. The second-order valence-corrected chi connectivity index (χ2v) is 4.19. The number of ether oxygens (including phenoxy) is 1. The van der Waals surface area contributed by atoms with E-state index in [1.54, 1.807) is 6.07 Å². The van der Waals surface area contributed by atoms with E-state index in [9.17, 15) is 4.39 Å². The van der Waals surface area contributed by atoms with Crippen LogP contribution in [0.2, 0.25) is 0 Å². The van der Waals surface area contributed by atoms with Gasteiger partial charge in [0.05, 0.1) is 19.8 Å². The van der Waals surface area contributed by atoms with Crippen LogP contribution < -0.4 is 5.32 Å². The van der Waals surface area contributed by atoms with E-state index in [1.165, 1.54) is 6.07 Å². The van der Waals surface area contributed by atoms with Crippen molar-refractivity contribution in [3.8, 4) is 0 Å². The maximum Gasteiger partial charge on any atom is 0.126 e. The maximum atomic E-state index is 13.5. The molecular formula is C13H18FNO2. The van der Waals surface area contributed by atoms with Gasteiger partial charge in [-0.05, 0) is 30.0 Å². The van der Waals surface area contributed by atoms with Gasteiger partial charge < -0.3 is 15.2 Å². The van der Waals surface area contributed by atoms with Crippen molar-refractivity contribution in [3.05, 3.63) is 35.1 Å². The van der Waals surface area contributed by atoms with E-state index in [4.69, 9.17) is 9.84 Å². The van der Waals surface area contributed by atoms with Gasteiger partial charge in [-0.3, -0.25) is 0 Å². The zero-order valence-corrected chi connectivity index (χ0v) is 9.79. The normalized spacial score (nSPS) is 18.4. The monoisotopic (exact) mass is 239 g/mol. The molecule has 2 rings (SSSR count). The van der Waals surface area contributed by atoms with E-state index < -0.39 is 0 Å². The van der Waals surface area contributed by atoms with Crippen molar-refractivity contribution >= 4 is 0 Å². The molecule has 0 aromatic heterocycles. The molecule has 0 heterocycles. The number of hydrogen-bond donors (Lipinski definition) is 2. The molecule has 1 aromatic carbocycles. The minimum absolute atomic E-state index is 0.0530. The summed E-state index contributed by atoms with van der Waals surface area (Å²) < 4.78 is 18.6. The predicted octanol–water partition coefficient (Wildman–Crippen LogP) is 1.41. The molecule has 1 unspecified atom stereocenters. The first kappa shape index (κ1) is 12.5. The van der Waals surface area contributed by atoms with Crippen LogP contribution in [-0.4, -0.2) is 31.5 Å². The van der Waals surface area contributed by atoms with Gasteiger partial charge in [-0.15, -0.1) is 0 Å². The Hall–Kier alpha value is -0.970. The molecule has 94 valence electrons. The Balaban J connectivity index is 1.83. The molecule has 1 aliphatic carbocycles. The van der Waals surface area contributed by atoms with E-state index in [2.05, 4.69) is 5.32 Å². The molecule has 17 heavy (non-hydrogen) atoms. The number of fused-ring (bicyclic) bond motifs is 1. The molecule has 0 bridgehead atoms. The summed E-state index contributed by atoms with van der Waals surface area (Å²) in [5.41, 5.74) is 1.92. The number of halogens is 1. The summed E-state index contributed by atoms with van der Waals surface area (Å²) in [7, 11) is 0. The summed E-state index contributed by atoms with van der Waals surface area (Å²) in [6.45, 7) is 1.72. The fourth-order valence-electron chi connectivity index (χ4n) is 2.29. The van der Waals surface area contributed by atoms with Gasteiger partial charge in [0.15, 0.2) is 0 Å². The number of benzene rings is 1. The number of nitrogens with one attached hydrogen (secondary N) is 1. The number of rotatable bonds is 6. The van der Waals surface area contributed by atoms with Gasteiger partial charge in [-0.1, -0.05) is 12.1 Å². The molecular weight excluding hydrogens is 221 g/mol. The molecule has 0 aliphatic heterocycles. The van der Waals surface area contributed by atoms with Crippen LogP contribution in [0.5, 0.6) is 0 Å². The average Bonchev–Trinajstić information content (AvgIpc) is 2.74. The molecule has 0 radical (unpaired) electrons. The summed E-state index contributed by atoms with van der Waals surface area (Å²) in [6, 6.07) is 5.50. The van der Waals surface area contributed by atoms with E-state index in [0.717, 1.165) is 30.5 Å². The lowest BCUT2D eigenvalue weighted by atomic mass is 10.1. The van der Waals surface area contributed by atoms with Gasteiger partial charge in [0.2, 0.25) is 0 Å². The summed E-state index contributed by atoms with van der Waals surface area (Å²) in [5.74, 6) is -0.0941. The highest BCUT2D eigenvalue weighted by Gasteiger charge is 2.23. The Morgan fingerprint density at radius 2 is 2.29 bits per heavy atom. The van der Waals surface area contributed by atoms with E-state index in [-0.39, 0.29) is 18.5 Å². The Labute approximate surface area is 101 Å². The van der Waals surface area contributed by atoms with E-state index in [0.29, 0.717) is 13.2 Å². The van der Waals surface area contributed by atoms with Crippen molar-refractivity contribution in [3.63, 3.8) is 0 Å². The van der Waals surface area contributed by atoms with Gasteiger partial charge in [0.1, 0.15) is 5.82 Å². The van der Waals surface area contributed by atoms with Crippen LogP contribution in [0.15, 0.2) is 18.2 Å². The lowest BCUT2D eigenvalue weighted by Gasteiger charge is -2.14. The highest BCUT2D eigenvalue weighted by Crippen LogP contribution is 2.32. The van der Waals surface area contributed by atoms with Crippen LogP contribution in [0.3, 0.4) is 0 Å². The van der Waals surface area contributed by atoms with Crippen molar-refractivity contribution in [2.75, 3.05) is 26.4 Å². The van der Waals surface area contributed by atoms with Crippen LogP contribution in [0.25, 0.3) is 0 Å². The predicted molar refractivity (Wildman–Crippen MR) is 63.4 cm³/mol. The first-order chi connectivity index (χ1) is 8.33. The first-order valence-corrected chi connectivity index (χ1v) is 6.02. The van der Waals surface area contributed by atoms with Gasteiger partial charge in [-0.25, -0.2) is 4.39 Å². The highest BCUT2D eigenvalue weighted by atomic mass is 19.1. The Morgan fingerprint density at radius 1 is 1.41 bits per heavy atom. The fraction of sp³-hybridized carbons (Fsp3) is 0.538. The molecule has 3 nitrogen and oxygen atoms in total. The van der Waals surface area contributed by atoms with Crippen molar-refractivity contribution in [2.45, 2.75) is 18.9 Å². The second-order valence-electron chi connectivity index (χ2n) is 4.19. The van der Waals surface area contributed by atoms with Crippen LogP contribution in [0.1, 0.15) is 23.6 Å². The molecule has 0 fully saturated rings. The lowest BCUT2D eigenvalue weighted by Crippen LogP contribution is -2.24. The fourth-order valence-corrected chi connectivity index (χ4v) is 2.29. The van der Waals surface area contributed by atoms with Crippen LogP contribution in [0.4, 0.5) is 4.39 Å². The van der Waals surface area contributed by atoms with Gasteiger partial charge >= 0.3 is 0 Å². The van der Waals surface area contributed by atoms with Crippen molar-refractivity contribution in [2.24, 2.45) is 0 Å². The topological polar surface area (TPSA) is 41.5 Å². The summed E-state index contributed by atoms with van der Waals surface area (Å²) in [6.07, 6.45) is 1.74. The first-order valence-electron chi connectivity index (χ1n) is 6.02. The SMILES string of the molecule is OCCOCCNC1CCc2c(F)cccc21. The number of aliphatic hydroxyl groups is 1. The van der Waals surface area contributed by atoms with Gasteiger partial charge in [0, 0.05) is 12.6 Å². The quantitative estimate of drug-likeness (QED) is 0.738. The third-order valence-electron chi connectivity index (χ3n) is 3.09. The Bertz CT molecular complexity index is 370. The van der Waals surface area contributed by atoms with Crippen molar-refractivity contribution in [1.29, 1.82) is 0 Å². The van der Waals surface area contributed by atoms with Crippen LogP contribution >= 0.6 is 0 Å². The molecule has 2 N–H and O–H groups in total. The van der Waals surface area contributed by atoms with E-state index in [1.807, 2.05) is 6.07 Å². The van der Waals surface area contributed by atoms with Crippen LogP contribution in [-0.2, 0) is 11.2 Å². The zero-order chi connectivity index (χ0) is 12.1. The largest absolute Gasteiger partial charge is 0.394 e. The minimum Gasteiger partial charge on any atom is -0.394 e. The molecule has 0 saturated heterocycles. The van der Waals surface area contributed by atoms with Crippen molar-refractivity contribution < 1.29 is 14.2 Å². The third kappa shape index (κ3) is 3.03. The maximum absolute atomic E-state index is 13.5. The minimum atomic E-state index is -0.0941. The summed E-state index contributed by atoms with van der Waals surface area (Å²) in [5, 5.41) is 11.9. The molecule has 0 spiro atoms. The Morgan fingerprint density at radius 3 is 3.12 bits per heavy atom. The molecule has 0 amide bonds. The zero-order valence-electron chi connectivity index (χ0n) is 9.79. The molecule has 1 aliphatic rings. The van der Waals surface area contributed by atoms with Crippen molar-refractivity contribution in [1.82, 2.24) is 5.32 Å². The average molecular weight is 239 g/mol.